The summed E-state index contributed by atoms with van der Waals surface area (Å²) in [4.78, 5) is 11.4. The second-order valence-corrected chi connectivity index (χ2v) is 7.45. The van der Waals surface area contributed by atoms with Gasteiger partial charge in [-0.3, -0.25) is 0 Å². The van der Waals surface area contributed by atoms with Crippen LogP contribution in [0.15, 0.2) is 12.2 Å². The minimum absolute atomic E-state index is 0. The number of carbonyl (C=O) groups excluding carboxylic acids is 1. The number of carbonyl (C=O) groups is 1. The van der Waals surface area contributed by atoms with Gasteiger partial charge in [-0.15, -0.1) is 17.0 Å². The van der Waals surface area contributed by atoms with Gasteiger partial charge in [0.1, 0.15) is 0 Å². The van der Waals surface area contributed by atoms with Crippen molar-refractivity contribution in [2.24, 2.45) is 5.41 Å². The van der Waals surface area contributed by atoms with Gasteiger partial charge in [0, 0.05) is 5.57 Å². The second-order valence-electron chi connectivity index (χ2n) is 7.45. The molecular weight excluding hydrogens is 352 g/mol. The molecule has 138 valence electrons. The molecule has 0 spiro atoms. The Labute approximate surface area is 155 Å². The van der Waals surface area contributed by atoms with Gasteiger partial charge in [0.15, 0.2) is 0 Å². The van der Waals surface area contributed by atoms with Gasteiger partial charge >= 0.3 is 5.97 Å². The molecule has 0 saturated heterocycles. The molecule has 0 atom stereocenters. The number of esters is 1. The summed E-state index contributed by atoms with van der Waals surface area (Å²) in [5, 5.41) is 0. The van der Waals surface area contributed by atoms with E-state index in [1.807, 2.05) is 0 Å². The third-order valence-electron chi connectivity index (χ3n) is 4.15. The predicted molar refractivity (Wildman–Crippen MR) is 106 cm³/mol. The summed E-state index contributed by atoms with van der Waals surface area (Å²) in [5.74, 6) is -0.267. The molecule has 0 amide bonds. The molecule has 0 fully saturated rings. The van der Waals surface area contributed by atoms with E-state index in [-0.39, 0.29) is 28.4 Å². The van der Waals surface area contributed by atoms with Crippen molar-refractivity contribution >= 4 is 23.0 Å². The SMILES string of the molecule is Br.C=C(C)C(=O)OCC(C)(C)CCCCCCCCCCCC. The van der Waals surface area contributed by atoms with Crippen molar-refractivity contribution in [3.63, 3.8) is 0 Å². The molecule has 0 aliphatic heterocycles. The second kappa shape index (κ2) is 15.2. The fraction of sp³-hybridized carbons (Fsp3) is 0.850. The number of ether oxygens (including phenoxy) is 1. The van der Waals surface area contributed by atoms with Crippen LogP contribution in [0.4, 0.5) is 0 Å². The van der Waals surface area contributed by atoms with Crippen LogP contribution >= 0.6 is 17.0 Å². The largest absolute Gasteiger partial charge is 0.462 e. The maximum absolute atomic E-state index is 11.4. The van der Waals surface area contributed by atoms with Crippen LogP contribution in [0, 0.1) is 5.41 Å². The number of hydrogen-bond acceptors (Lipinski definition) is 2. The average molecular weight is 391 g/mol. The first-order chi connectivity index (χ1) is 10.4. The van der Waals surface area contributed by atoms with Crippen molar-refractivity contribution in [1.29, 1.82) is 0 Å². The van der Waals surface area contributed by atoms with Crippen LogP contribution in [-0.2, 0) is 9.53 Å². The molecule has 0 aromatic carbocycles. The molecule has 0 unspecified atom stereocenters. The molecule has 3 heteroatoms. The molecule has 0 radical (unpaired) electrons. The van der Waals surface area contributed by atoms with Crippen molar-refractivity contribution in [3.8, 4) is 0 Å². The highest BCUT2D eigenvalue weighted by molar-refractivity contribution is 8.93. The van der Waals surface area contributed by atoms with Crippen LogP contribution in [-0.4, -0.2) is 12.6 Å². The monoisotopic (exact) mass is 390 g/mol. The molecule has 0 aromatic rings. The minimum atomic E-state index is -0.267. The van der Waals surface area contributed by atoms with E-state index in [9.17, 15) is 4.79 Å². The number of halogens is 1. The van der Waals surface area contributed by atoms with E-state index < -0.39 is 0 Å². The van der Waals surface area contributed by atoms with Crippen molar-refractivity contribution in [2.45, 2.75) is 98.3 Å². The quantitative estimate of drug-likeness (QED) is 0.181. The molecule has 0 aliphatic carbocycles. The Morgan fingerprint density at radius 2 is 1.35 bits per heavy atom. The summed E-state index contributed by atoms with van der Waals surface area (Å²) in [5.41, 5.74) is 0.556. The molecule has 0 N–H and O–H groups in total. The molecule has 0 aliphatic rings. The van der Waals surface area contributed by atoms with E-state index in [1.54, 1.807) is 6.92 Å². The van der Waals surface area contributed by atoms with Gasteiger partial charge in [-0.1, -0.05) is 91.6 Å². The molecule has 2 nitrogen and oxygen atoms in total. The summed E-state index contributed by atoms with van der Waals surface area (Å²) in [6.07, 6.45) is 14.7. The molecule has 0 aromatic heterocycles. The van der Waals surface area contributed by atoms with Crippen molar-refractivity contribution < 1.29 is 9.53 Å². The van der Waals surface area contributed by atoms with Crippen molar-refractivity contribution in [3.05, 3.63) is 12.2 Å². The first-order valence-electron chi connectivity index (χ1n) is 9.21. The van der Waals surface area contributed by atoms with Crippen LogP contribution < -0.4 is 0 Å². The van der Waals surface area contributed by atoms with Crippen LogP contribution in [0.3, 0.4) is 0 Å². The Morgan fingerprint density at radius 3 is 1.78 bits per heavy atom. The van der Waals surface area contributed by atoms with Crippen LogP contribution in [0.25, 0.3) is 0 Å². The smallest absolute Gasteiger partial charge is 0.333 e. The zero-order chi connectivity index (χ0) is 16.8. The molecule has 0 rings (SSSR count). The van der Waals surface area contributed by atoms with E-state index in [2.05, 4.69) is 27.4 Å². The summed E-state index contributed by atoms with van der Waals surface area (Å²) in [7, 11) is 0. The number of unbranched alkanes of at least 4 members (excludes halogenated alkanes) is 9. The lowest BCUT2D eigenvalue weighted by Crippen LogP contribution is -2.22. The van der Waals surface area contributed by atoms with Gasteiger partial charge in [-0.05, 0) is 18.8 Å². The van der Waals surface area contributed by atoms with Crippen LogP contribution in [0.1, 0.15) is 98.3 Å². The third-order valence-corrected chi connectivity index (χ3v) is 4.15. The zero-order valence-corrected chi connectivity index (χ0v) is 17.6. The van der Waals surface area contributed by atoms with E-state index in [0.717, 1.165) is 6.42 Å². The lowest BCUT2D eigenvalue weighted by atomic mass is 9.87. The van der Waals surface area contributed by atoms with Gasteiger partial charge in [-0.25, -0.2) is 4.79 Å². The van der Waals surface area contributed by atoms with Gasteiger partial charge in [0.2, 0.25) is 0 Å². The summed E-state index contributed by atoms with van der Waals surface area (Å²) in [6, 6.07) is 0. The molecule has 0 heterocycles. The average Bonchev–Trinajstić information content (AvgIpc) is 2.46. The first-order valence-corrected chi connectivity index (χ1v) is 9.21. The highest BCUT2D eigenvalue weighted by Crippen LogP contribution is 2.25. The van der Waals surface area contributed by atoms with E-state index in [4.69, 9.17) is 4.74 Å². The topological polar surface area (TPSA) is 26.3 Å². The normalized spacial score (nSPS) is 11.0. The Kier molecular flexibility index (Phi) is 16.5. The van der Waals surface area contributed by atoms with Gasteiger partial charge in [0.05, 0.1) is 6.61 Å². The Bertz CT molecular complexity index is 311. The minimum Gasteiger partial charge on any atom is -0.462 e. The third kappa shape index (κ3) is 16.3. The molecule has 0 saturated carbocycles. The van der Waals surface area contributed by atoms with Gasteiger partial charge in [0.25, 0.3) is 0 Å². The van der Waals surface area contributed by atoms with Crippen LogP contribution in [0.5, 0.6) is 0 Å². The van der Waals surface area contributed by atoms with Gasteiger partial charge < -0.3 is 4.74 Å². The van der Waals surface area contributed by atoms with Crippen molar-refractivity contribution in [1.82, 2.24) is 0 Å². The molecule has 23 heavy (non-hydrogen) atoms. The van der Waals surface area contributed by atoms with E-state index >= 15 is 0 Å². The summed E-state index contributed by atoms with van der Waals surface area (Å²) >= 11 is 0. The highest BCUT2D eigenvalue weighted by Gasteiger charge is 2.19. The van der Waals surface area contributed by atoms with E-state index in [0.29, 0.717) is 12.2 Å². The Morgan fingerprint density at radius 1 is 0.913 bits per heavy atom. The van der Waals surface area contributed by atoms with Crippen molar-refractivity contribution in [2.75, 3.05) is 6.61 Å². The zero-order valence-electron chi connectivity index (χ0n) is 15.9. The highest BCUT2D eigenvalue weighted by atomic mass is 79.9. The fourth-order valence-corrected chi connectivity index (χ4v) is 2.55. The first kappa shape index (κ1) is 24.9. The Balaban J connectivity index is 0. The molecular formula is C20H39BrO2. The molecule has 0 bridgehead atoms. The standard InChI is InChI=1S/C20H38O2.BrH/c1-6-7-8-9-10-11-12-13-14-15-16-20(4,5)17-22-19(21)18(2)3;/h2,6-17H2,1,3-5H3;1H. The lowest BCUT2D eigenvalue weighted by molar-refractivity contribution is -0.142. The van der Waals surface area contributed by atoms with Gasteiger partial charge in [-0.2, -0.15) is 0 Å². The summed E-state index contributed by atoms with van der Waals surface area (Å²) < 4.78 is 5.27. The van der Waals surface area contributed by atoms with E-state index in [1.165, 1.54) is 64.2 Å². The summed E-state index contributed by atoms with van der Waals surface area (Å²) in [6.45, 7) is 12.4. The Hall–Kier alpha value is -0.310. The van der Waals surface area contributed by atoms with Crippen LogP contribution in [0.2, 0.25) is 0 Å². The maximum Gasteiger partial charge on any atom is 0.333 e. The number of rotatable bonds is 14. The fourth-order valence-electron chi connectivity index (χ4n) is 2.55. The lowest BCUT2D eigenvalue weighted by Gasteiger charge is -2.24. The predicted octanol–water partition coefficient (Wildman–Crippen LogP) is 7.02. The maximum atomic E-state index is 11.4. The number of hydrogen-bond donors (Lipinski definition) is 0.